The number of aliphatic hydroxyl groups is 8. The molecular weight excluding hydrogens is 518 g/mol. The van der Waals surface area contributed by atoms with E-state index in [-0.39, 0.29) is 33.3 Å². The predicted octanol–water partition coefficient (Wildman–Crippen LogP) is -11.6. The number of aliphatic hydroxyl groups excluding tert-OH is 8. The molecule has 183 valence electrons. The molecule has 0 bridgehead atoms. The number of hydrogen-bond donors (Lipinski definition) is 8. The summed E-state index contributed by atoms with van der Waals surface area (Å²) < 4.78 is 0. The average Bonchev–Trinajstić information content (AvgIpc) is 2.66. The summed E-state index contributed by atoms with van der Waals surface area (Å²) in [5, 5.41) is 101. The molecule has 0 rings (SSSR count). The Morgan fingerprint density at radius 1 is 0.500 bits per heavy atom. The van der Waals surface area contributed by atoms with E-state index in [1.165, 1.54) is 0 Å². The quantitative estimate of drug-likeness (QED) is 0.133. The molecule has 1 radical (unpaired) electrons. The summed E-state index contributed by atoms with van der Waals surface area (Å²) >= 11 is 0. The molecule has 8 N–H and O–H groups in total. The van der Waals surface area contributed by atoms with Crippen LogP contribution in [0.4, 0.5) is 0 Å². The van der Waals surface area contributed by atoms with E-state index in [4.69, 9.17) is 40.9 Å². The zero-order valence-corrected chi connectivity index (χ0v) is 16.7. The van der Waals surface area contributed by atoms with Crippen molar-refractivity contribution < 1.29 is 114 Å². The van der Waals surface area contributed by atoms with E-state index in [0.29, 0.717) is 0 Å². The number of rotatable bonds is 8. The molecule has 16 nitrogen and oxygen atoms in total. The van der Waals surface area contributed by atoms with Crippen LogP contribution in [0.5, 0.6) is 0 Å². The van der Waals surface area contributed by atoms with Gasteiger partial charge in [-0.05, 0) is 0 Å². The van der Waals surface area contributed by atoms with E-state index in [1.807, 2.05) is 0 Å². The molecule has 0 aliphatic carbocycles. The van der Waals surface area contributed by atoms with Crippen molar-refractivity contribution in [1.82, 2.24) is 0 Å². The minimum Gasteiger partial charge on any atom is -0.547 e. The van der Waals surface area contributed by atoms with Crippen LogP contribution in [0.3, 0.4) is 0 Å². The van der Waals surface area contributed by atoms with E-state index >= 15 is 0 Å². The van der Waals surface area contributed by atoms with Gasteiger partial charge in [0.2, 0.25) is 0 Å². The maximum atomic E-state index is 9.41. The van der Waals surface area contributed by atoms with Gasteiger partial charge in [-0.2, -0.15) is 0 Å². The molecule has 4 unspecified atom stereocenters. The second-order valence-electron chi connectivity index (χ2n) is 4.07. The van der Waals surface area contributed by atoms with Crippen LogP contribution in [0.1, 0.15) is 0 Å². The van der Waals surface area contributed by atoms with Gasteiger partial charge in [0.25, 0.3) is 0 Å². The molecule has 4 atom stereocenters. The van der Waals surface area contributed by atoms with Crippen molar-refractivity contribution in [2.24, 2.45) is 0 Å². The fourth-order valence-electron chi connectivity index (χ4n) is 0.298. The van der Waals surface area contributed by atoms with Crippen molar-refractivity contribution >= 4 is 23.9 Å². The fraction of sp³-hybridized carbons (Fsp3) is 0.667. The van der Waals surface area contributed by atoms with Crippen molar-refractivity contribution in [3.8, 4) is 0 Å². The Kier molecular flexibility index (Phi) is 39.2. The molecular formula is C12H20CoNiO16. The average molecular weight is 538 g/mol. The van der Waals surface area contributed by atoms with Crippen LogP contribution in [0, 0.1) is 0 Å². The number of carbonyl (C=O) groups is 4. The molecule has 0 heterocycles. The SMILES string of the molecule is O=C([O-])C(O)CO.O=C([O-])C(O)CO.O=C([O-])C(O)CO.O=C([O-])C(O)CO.[Co+2].[Ni+2]. The molecule has 0 aliphatic heterocycles. The molecule has 0 aromatic rings. The minimum absolute atomic E-state index is 0. The van der Waals surface area contributed by atoms with E-state index in [9.17, 15) is 39.6 Å². The van der Waals surface area contributed by atoms with Crippen LogP contribution in [0.15, 0.2) is 0 Å². The van der Waals surface area contributed by atoms with E-state index in [2.05, 4.69) is 0 Å². The first-order valence-corrected chi connectivity index (χ1v) is 6.72. The van der Waals surface area contributed by atoms with Crippen molar-refractivity contribution in [1.29, 1.82) is 0 Å². The minimum atomic E-state index is -1.74. The summed E-state index contributed by atoms with van der Waals surface area (Å²) in [4.78, 5) is 37.6. The number of carboxylic acids is 4. The smallest absolute Gasteiger partial charge is 0.547 e. The van der Waals surface area contributed by atoms with Gasteiger partial charge >= 0.3 is 33.3 Å². The van der Waals surface area contributed by atoms with Crippen molar-refractivity contribution in [2.45, 2.75) is 24.4 Å². The molecule has 0 aliphatic rings. The first-order chi connectivity index (χ1) is 12.7. The van der Waals surface area contributed by atoms with E-state index in [0.717, 1.165) is 0 Å². The first kappa shape index (κ1) is 42.6. The standard InChI is InChI=1S/4C3H6O4.Co.Ni/c4*4-1-2(5)3(6)7;;/h4*2,4-5H,1H2,(H,6,7);;/q;;;;2*+2/p-4. The van der Waals surface area contributed by atoms with Crippen molar-refractivity contribution in [3.05, 3.63) is 0 Å². The Balaban J connectivity index is -0.0000000626. The first-order valence-electron chi connectivity index (χ1n) is 6.72. The summed E-state index contributed by atoms with van der Waals surface area (Å²) in [6.45, 7) is -3.16. The largest absolute Gasteiger partial charge is 2.00 e. The molecule has 18 heteroatoms. The van der Waals surface area contributed by atoms with Crippen LogP contribution in [-0.4, -0.2) is 116 Å². The zero-order chi connectivity index (χ0) is 23.4. The number of aliphatic carboxylic acids is 4. The Labute approximate surface area is 188 Å². The van der Waals surface area contributed by atoms with E-state index in [1.54, 1.807) is 0 Å². The van der Waals surface area contributed by atoms with Gasteiger partial charge in [0.05, 0.1) is 50.3 Å². The number of hydrogen-bond acceptors (Lipinski definition) is 16. The monoisotopic (exact) mass is 537 g/mol. The Morgan fingerprint density at radius 3 is 0.600 bits per heavy atom. The molecule has 0 aromatic carbocycles. The third-order valence-corrected chi connectivity index (χ3v) is 1.78. The van der Waals surface area contributed by atoms with Crippen molar-refractivity contribution in [2.75, 3.05) is 26.4 Å². The Hall–Kier alpha value is -1.44. The zero-order valence-electron chi connectivity index (χ0n) is 14.6. The maximum absolute atomic E-state index is 9.41. The molecule has 0 spiro atoms. The Morgan fingerprint density at radius 2 is 0.600 bits per heavy atom. The van der Waals surface area contributed by atoms with Crippen LogP contribution < -0.4 is 20.4 Å². The molecule has 0 amide bonds. The molecule has 0 aromatic heterocycles. The van der Waals surface area contributed by atoms with Gasteiger partial charge in [-0.25, -0.2) is 0 Å². The number of carboxylic acid groups (broad SMARTS) is 4. The summed E-state index contributed by atoms with van der Waals surface area (Å²) in [5.74, 6) is -6.60. The van der Waals surface area contributed by atoms with Gasteiger partial charge < -0.3 is 80.5 Å². The van der Waals surface area contributed by atoms with Crippen LogP contribution in [-0.2, 0) is 52.4 Å². The molecule has 0 saturated heterocycles. The summed E-state index contributed by atoms with van der Waals surface area (Å²) in [6.07, 6.45) is -6.94. The summed E-state index contributed by atoms with van der Waals surface area (Å²) in [5.41, 5.74) is 0. The van der Waals surface area contributed by atoms with Gasteiger partial charge in [0.15, 0.2) is 0 Å². The van der Waals surface area contributed by atoms with Crippen LogP contribution in [0.2, 0.25) is 0 Å². The topological polar surface area (TPSA) is 322 Å². The molecule has 30 heavy (non-hydrogen) atoms. The third kappa shape index (κ3) is 34.1. The maximum Gasteiger partial charge on any atom is 2.00 e. The van der Waals surface area contributed by atoms with Crippen LogP contribution >= 0.6 is 0 Å². The van der Waals surface area contributed by atoms with Gasteiger partial charge in [-0.1, -0.05) is 0 Å². The second kappa shape index (κ2) is 27.6. The van der Waals surface area contributed by atoms with Gasteiger partial charge in [0.1, 0.15) is 24.4 Å². The third-order valence-electron chi connectivity index (χ3n) is 1.78. The predicted molar refractivity (Wildman–Crippen MR) is 72.4 cm³/mol. The van der Waals surface area contributed by atoms with Gasteiger partial charge in [-0.15, -0.1) is 0 Å². The number of carbonyl (C=O) groups excluding carboxylic acids is 4. The summed E-state index contributed by atoms with van der Waals surface area (Å²) in [7, 11) is 0. The van der Waals surface area contributed by atoms with Gasteiger partial charge in [-0.3, -0.25) is 0 Å². The molecule has 0 fully saturated rings. The fourth-order valence-corrected chi connectivity index (χ4v) is 0.298. The Bertz CT molecular complexity index is 370. The molecule has 0 saturated carbocycles. The van der Waals surface area contributed by atoms with Gasteiger partial charge in [0, 0.05) is 0 Å². The van der Waals surface area contributed by atoms with Crippen LogP contribution in [0.25, 0.3) is 0 Å². The normalized spacial score (nSPS) is 12.5. The summed E-state index contributed by atoms with van der Waals surface area (Å²) in [6, 6.07) is 0. The van der Waals surface area contributed by atoms with E-state index < -0.39 is 74.7 Å². The second-order valence-corrected chi connectivity index (χ2v) is 4.07. The van der Waals surface area contributed by atoms with Crippen molar-refractivity contribution in [3.63, 3.8) is 0 Å².